The van der Waals surface area contributed by atoms with Crippen LogP contribution in [0.3, 0.4) is 0 Å². The van der Waals surface area contributed by atoms with Crippen LogP contribution in [0.25, 0.3) is 0 Å². The Morgan fingerprint density at radius 2 is 1.83 bits per heavy atom. The summed E-state index contributed by atoms with van der Waals surface area (Å²) in [6.45, 7) is 4.32. The molecule has 0 fully saturated rings. The first-order valence-corrected chi connectivity index (χ1v) is 7.16. The fraction of sp³-hybridized carbons (Fsp3) is 0.600. The summed E-state index contributed by atoms with van der Waals surface area (Å²) >= 11 is 6.04. The molecule has 1 unspecified atom stereocenters. The highest BCUT2D eigenvalue weighted by atomic mass is 35.5. The van der Waals surface area contributed by atoms with Crippen molar-refractivity contribution in [2.75, 3.05) is 0 Å². The quantitative estimate of drug-likeness (QED) is 0.773. The summed E-state index contributed by atoms with van der Waals surface area (Å²) in [5.74, 6) is 0.209. The van der Waals surface area contributed by atoms with Crippen molar-refractivity contribution in [3.05, 3.63) is 34.6 Å². The highest BCUT2D eigenvalue weighted by Gasteiger charge is 2.19. The van der Waals surface area contributed by atoms with E-state index in [1.807, 2.05) is 0 Å². The second-order valence-corrected chi connectivity index (χ2v) is 5.31. The fourth-order valence-corrected chi connectivity index (χ4v) is 2.68. The molecule has 1 nitrogen and oxygen atoms in total. The van der Waals surface area contributed by atoms with Crippen LogP contribution in [0.15, 0.2) is 18.2 Å². The zero-order chi connectivity index (χ0) is 13.5. The third-order valence-corrected chi connectivity index (χ3v) is 3.78. The molecule has 0 spiro atoms. The normalized spacial score (nSPS) is 13.0. The third kappa shape index (κ3) is 4.25. The van der Waals surface area contributed by atoms with E-state index in [9.17, 15) is 4.39 Å². The summed E-state index contributed by atoms with van der Waals surface area (Å²) < 4.78 is 13.7. The zero-order valence-electron chi connectivity index (χ0n) is 11.3. The van der Waals surface area contributed by atoms with Crippen LogP contribution in [-0.2, 0) is 6.42 Å². The average Bonchev–Trinajstić information content (AvgIpc) is 2.33. The number of benzene rings is 1. The average molecular weight is 272 g/mol. The van der Waals surface area contributed by atoms with Gasteiger partial charge in [-0.25, -0.2) is 4.39 Å². The molecule has 0 aliphatic rings. The molecule has 1 aromatic carbocycles. The van der Waals surface area contributed by atoms with Gasteiger partial charge in [-0.15, -0.1) is 0 Å². The molecular weight excluding hydrogens is 249 g/mol. The third-order valence-electron chi connectivity index (χ3n) is 3.43. The van der Waals surface area contributed by atoms with E-state index in [0.29, 0.717) is 22.9 Å². The van der Waals surface area contributed by atoms with E-state index in [1.165, 1.54) is 6.07 Å². The van der Waals surface area contributed by atoms with E-state index >= 15 is 0 Å². The Morgan fingerprint density at radius 3 is 2.33 bits per heavy atom. The van der Waals surface area contributed by atoms with E-state index in [4.69, 9.17) is 17.3 Å². The van der Waals surface area contributed by atoms with Crippen LogP contribution in [0.2, 0.25) is 5.02 Å². The van der Waals surface area contributed by atoms with Crippen LogP contribution in [0.5, 0.6) is 0 Å². The van der Waals surface area contributed by atoms with Gasteiger partial charge in [0.2, 0.25) is 0 Å². The maximum Gasteiger partial charge on any atom is 0.127 e. The van der Waals surface area contributed by atoms with Crippen molar-refractivity contribution >= 4 is 11.6 Å². The van der Waals surface area contributed by atoms with Crippen LogP contribution in [0, 0.1) is 11.7 Å². The molecule has 0 aromatic heterocycles. The van der Waals surface area contributed by atoms with E-state index in [1.54, 1.807) is 12.1 Å². The Bertz CT molecular complexity index is 341. The number of hydrogen-bond donors (Lipinski definition) is 1. The molecule has 0 aliphatic heterocycles. The Hall–Kier alpha value is -0.600. The molecule has 0 bridgehead atoms. The molecule has 1 aromatic rings. The summed E-state index contributed by atoms with van der Waals surface area (Å²) in [6, 6.07) is 4.78. The largest absolute Gasteiger partial charge is 0.327 e. The first-order valence-electron chi connectivity index (χ1n) is 6.78. The first-order chi connectivity index (χ1) is 8.60. The summed E-state index contributed by atoms with van der Waals surface area (Å²) in [6.07, 6.45) is 4.95. The molecule has 0 heterocycles. The van der Waals surface area contributed by atoms with Crippen LogP contribution < -0.4 is 5.73 Å². The first kappa shape index (κ1) is 15.5. The lowest BCUT2D eigenvalue weighted by molar-refractivity contribution is 0.357. The SMILES string of the molecule is CCCC(CCC)C(N)Cc1c(F)cccc1Cl. The van der Waals surface area contributed by atoms with Crippen molar-refractivity contribution in [3.63, 3.8) is 0 Å². The second-order valence-electron chi connectivity index (χ2n) is 4.91. The molecule has 1 rings (SSSR count). The van der Waals surface area contributed by atoms with Gasteiger partial charge < -0.3 is 5.73 Å². The van der Waals surface area contributed by atoms with Gasteiger partial charge in [0.15, 0.2) is 0 Å². The number of rotatable bonds is 7. The minimum Gasteiger partial charge on any atom is -0.327 e. The molecule has 0 saturated carbocycles. The van der Waals surface area contributed by atoms with Crippen molar-refractivity contribution < 1.29 is 4.39 Å². The molecule has 3 heteroatoms. The maximum absolute atomic E-state index is 13.7. The van der Waals surface area contributed by atoms with Crippen molar-refractivity contribution in [2.24, 2.45) is 11.7 Å². The molecule has 102 valence electrons. The van der Waals surface area contributed by atoms with Gasteiger partial charge in [-0.2, -0.15) is 0 Å². The fourth-order valence-electron chi connectivity index (χ4n) is 2.44. The molecular formula is C15H23ClFN. The summed E-state index contributed by atoms with van der Waals surface area (Å²) in [7, 11) is 0. The Morgan fingerprint density at radius 1 is 1.22 bits per heavy atom. The number of halogens is 2. The monoisotopic (exact) mass is 271 g/mol. The molecule has 18 heavy (non-hydrogen) atoms. The lowest BCUT2D eigenvalue weighted by atomic mass is 9.87. The van der Waals surface area contributed by atoms with Gasteiger partial charge in [-0.3, -0.25) is 0 Å². The Kier molecular flexibility index (Phi) is 6.66. The van der Waals surface area contributed by atoms with E-state index in [2.05, 4.69) is 13.8 Å². The lowest BCUT2D eigenvalue weighted by Crippen LogP contribution is -2.32. The van der Waals surface area contributed by atoms with Gasteiger partial charge in [-0.05, 0) is 37.3 Å². The Balaban J connectivity index is 2.75. The topological polar surface area (TPSA) is 26.0 Å². The predicted octanol–water partition coefficient (Wildman–Crippen LogP) is 4.57. The van der Waals surface area contributed by atoms with Crippen LogP contribution in [0.1, 0.15) is 45.1 Å². The molecule has 0 aliphatic carbocycles. The summed E-state index contributed by atoms with van der Waals surface area (Å²) in [5, 5.41) is 0.484. The Labute approximate surface area is 115 Å². The molecule has 0 saturated heterocycles. The molecule has 0 radical (unpaired) electrons. The van der Waals surface area contributed by atoms with Gasteiger partial charge >= 0.3 is 0 Å². The highest BCUT2D eigenvalue weighted by molar-refractivity contribution is 6.31. The second kappa shape index (κ2) is 7.75. The van der Waals surface area contributed by atoms with Gasteiger partial charge in [0, 0.05) is 16.6 Å². The summed E-state index contributed by atoms with van der Waals surface area (Å²) in [5.41, 5.74) is 6.79. The van der Waals surface area contributed by atoms with Crippen molar-refractivity contribution in [1.82, 2.24) is 0 Å². The van der Waals surface area contributed by atoms with Crippen molar-refractivity contribution in [3.8, 4) is 0 Å². The minimum absolute atomic E-state index is 0.0145. The number of nitrogens with two attached hydrogens (primary N) is 1. The van der Waals surface area contributed by atoms with Gasteiger partial charge in [0.1, 0.15) is 5.82 Å². The lowest BCUT2D eigenvalue weighted by Gasteiger charge is -2.23. The molecule has 2 N–H and O–H groups in total. The van der Waals surface area contributed by atoms with Crippen molar-refractivity contribution in [2.45, 2.75) is 52.0 Å². The van der Waals surface area contributed by atoms with E-state index in [0.717, 1.165) is 25.7 Å². The smallest absolute Gasteiger partial charge is 0.127 e. The van der Waals surface area contributed by atoms with Gasteiger partial charge in [0.25, 0.3) is 0 Å². The van der Waals surface area contributed by atoms with Crippen LogP contribution in [-0.4, -0.2) is 6.04 Å². The molecule has 0 amide bonds. The van der Waals surface area contributed by atoms with Gasteiger partial charge in [-0.1, -0.05) is 44.4 Å². The van der Waals surface area contributed by atoms with E-state index < -0.39 is 0 Å². The highest BCUT2D eigenvalue weighted by Crippen LogP contribution is 2.24. The van der Waals surface area contributed by atoms with E-state index in [-0.39, 0.29) is 11.9 Å². The van der Waals surface area contributed by atoms with Crippen LogP contribution >= 0.6 is 11.6 Å². The molecule has 1 atom stereocenters. The minimum atomic E-state index is -0.246. The maximum atomic E-state index is 13.7. The zero-order valence-corrected chi connectivity index (χ0v) is 12.0. The number of hydrogen-bond acceptors (Lipinski definition) is 1. The predicted molar refractivity (Wildman–Crippen MR) is 76.4 cm³/mol. The van der Waals surface area contributed by atoms with Crippen molar-refractivity contribution in [1.29, 1.82) is 0 Å². The van der Waals surface area contributed by atoms with Crippen LogP contribution in [0.4, 0.5) is 4.39 Å². The summed E-state index contributed by atoms with van der Waals surface area (Å²) in [4.78, 5) is 0. The standard InChI is InChI=1S/C15H23ClFN/c1-3-6-11(7-4-2)15(18)10-12-13(16)8-5-9-14(12)17/h5,8-9,11,15H,3-4,6-7,10,18H2,1-2H3. The van der Waals surface area contributed by atoms with Gasteiger partial charge in [0.05, 0.1) is 0 Å².